The number of piperidine rings is 1. The molecule has 0 radical (unpaired) electrons. The van der Waals surface area contributed by atoms with E-state index in [9.17, 15) is 8.42 Å². The van der Waals surface area contributed by atoms with Crippen LogP contribution in [0, 0.1) is 0 Å². The lowest BCUT2D eigenvalue weighted by Crippen LogP contribution is -2.45. The molecule has 7 heteroatoms. The van der Waals surface area contributed by atoms with Crippen molar-refractivity contribution in [3.63, 3.8) is 0 Å². The molecule has 6 nitrogen and oxygen atoms in total. The summed E-state index contributed by atoms with van der Waals surface area (Å²) in [6, 6.07) is 13.7. The molecule has 2 heterocycles. The molecule has 3 rings (SSSR count). The molecule has 0 amide bonds. The molecule has 0 N–H and O–H groups in total. The second-order valence-corrected chi connectivity index (χ2v) is 8.81. The van der Waals surface area contributed by atoms with Crippen LogP contribution in [-0.4, -0.2) is 56.3 Å². The van der Waals surface area contributed by atoms with E-state index < -0.39 is 10.2 Å². The summed E-state index contributed by atoms with van der Waals surface area (Å²) in [5.74, 6) is 0.889. The van der Waals surface area contributed by atoms with Gasteiger partial charge < -0.3 is 4.74 Å². The van der Waals surface area contributed by atoms with Gasteiger partial charge in [-0.05, 0) is 37.1 Å². The van der Waals surface area contributed by atoms with E-state index >= 15 is 0 Å². The summed E-state index contributed by atoms with van der Waals surface area (Å²) < 4.78 is 33.0. The molecule has 0 bridgehead atoms. The van der Waals surface area contributed by atoms with Gasteiger partial charge >= 0.3 is 0 Å². The Bertz CT molecular complexity index is 868. The smallest absolute Gasteiger partial charge is 0.281 e. The van der Waals surface area contributed by atoms with Gasteiger partial charge in [0.05, 0.1) is 12.8 Å². The molecule has 0 unspecified atom stereocenters. The number of benzene rings is 1. The molecule has 0 saturated carbocycles. The molecule has 1 atom stereocenters. The van der Waals surface area contributed by atoms with Gasteiger partial charge in [0, 0.05) is 44.4 Å². The van der Waals surface area contributed by atoms with E-state index in [0.29, 0.717) is 13.1 Å². The molecule has 1 aliphatic heterocycles. The van der Waals surface area contributed by atoms with E-state index in [0.717, 1.165) is 35.5 Å². The Labute approximate surface area is 155 Å². The highest BCUT2D eigenvalue weighted by molar-refractivity contribution is 7.86. The van der Waals surface area contributed by atoms with Crippen LogP contribution in [0.1, 0.15) is 24.5 Å². The van der Waals surface area contributed by atoms with Crippen LogP contribution in [0.15, 0.2) is 42.5 Å². The molecule has 1 aliphatic rings. The fourth-order valence-electron chi connectivity index (χ4n) is 3.25. The molecule has 1 aromatic carbocycles. The van der Waals surface area contributed by atoms with Crippen molar-refractivity contribution in [3.05, 3.63) is 48.2 Å². The van der Waals surface area contributed by atoms with Crippen LogP contribution in [0.5, 0.6) is 5.75 Å². The minimum Gasteiger partial charge on any atom is -0.497 e. The summed E-state index contributed by atoms with van der Waals surface area (Å²) >= 11 is 0. The lowest BCUT2D eigenvalue weighted by molar-refractivity contribution is 0.296. The maximum absolute atomic E-state index is 12.4. The fourth-order valence-corrected chi connectivity index (χ4v) is 4.44. The summed E-state index contributed by atoms with van der Waals surface area (Å²) in [6.45, 7) is 1.03. The third-order valence-corrected chi connectivity index (χ3v) is 6.63. The van der Waals surface area contributed by atoms with Gasteiger partial charge in [-0.15, -0.1) is 0 Å². The Morgan fingerprint density at radius 2 is 1.96 bits per heavy atom. The third kappa shape index (κ3) is 3.90. The minimum absolute atomic E-state index is 0.101. The van der Waals surface area contributed by atoms with Crippen LogP contribution in [0.2, 0.25) is 0 Å². The number of pyridine rings is 1. The Kier molecular flexibility index (Phi) is 5.60. The SMILES string of the molecule is COc1cccc(-c2cccc([C@H]3CCCN(S(=O)(=O)N(C)C)C3)n2)c1. The Morgan fingerprint density at radius 3 is 2.69 bits per heavy atom. The van der Waals surface area contributed by atoms with Crippen molar-refractivity contribution in [2.45, 2.75) is 18.8 Å². The third-order valence-electron chi connectivity index (χ3n) is 4.73. The monoisotopic (exact) mass is 375 g/mol. The van der Waals surface area contributed by atoms with Crippen LogP contribution in [0.4, 0.5) is 0 Å². The van der Waals surface area contributed by atoms with Crippen LogP contribution in [0.3, 0.4) is 0 Å². The maximum Gasteiger partial charge on any atom is 0.281 e. The maximum atomic E-state index is 12.4. The quantitative estimate of drug-likeness (QED) is 0.806. The second-order valence-electron chi connectivity index (χ2n) is 6.67. The molecule has 1 aromatic heterocycles. The van der Waals surface area contributed by atoms with Crippen molar-refractivity contribution in [1.82, 2.24) is 13.6 Å². The molecule has 26 heavy (non-hydrogen) atoms. The predicted octanol–water partition coefficient (Wildman–Crippen LogP) is 2.74. The normalized spacial score (nSPS) is 18.8. The van der Waals surface area contributed by atoms with Crippen LogP contribution in [-0.2, 0) is 10.2 Å². The Morgan fingerprint density at radius 1 is 1.19 bits per heavy atom. The highest BCUT2D eigenvalue weighted by atomic mass is 32.2. The van der Waals surface area contributed by atoms with Gasteiger partial charge in [0.15, 0.2) is 0 Å². The molecule has 1 fully saturated rings. The largest absolute Gasteiger partial charge is 0.497 e. The van der Waals surface area contributed by atoms with E-state index in [1.807, 2.05) is 42.5 Å². The van der Waals surface area contributed by atoms with Gasteiger partial charge in [0.25, 0.3) is 10.2 Å². The molecule has 140 valence electrons. The number of rotatable bonds is 5. The van der Waals surface area contributed by atoms with Gasteiger partial charge in [-0.1, -0.05) is 18.2 Å². The summed E-state index contributed by atoms with van der Waals surface area (Å²) in [6.07, 6.45) is 1.77. The average molecular weight is 375 g/mol. The van der Waals surface area contributed by atoms with Crippen LogP contribution < -0.4 is 4.74 Å². The first kappa shape index (κ1) is 18.8. The molecule has 2 aromatic rings. The Hall–Kier alpha value is -1.96. The fraction of sp³-hybridized carbons (Fsp3) is 0.421. The van der Waals surface area contributed by atoms with Crippen molar-refractivity contribution >= 4 is 10.2 Å². The van der Waals surface area contributed by atoms with Gasteiger partial charge in [-0.3, -0.25) is 4.98 Å². The van der Waals surface area contributed by atoms with E-state index in [4.69, 9.17) is 9.72 Å². The summed E-state index contributed by atoms with van der Waals surface area (Å²) in [4.78, 5) is 4.81. The number of ether oxygens (including phenoxy) is 1. The standard InChI is InChI=1S/C19H25N3O3S/c1-21(2)26(23,24)22-12-6-8-16(14-22)19-11-5-10-18(20-19)15-7-4-9-17(13-15)25-3/h4-5,7,9-11,13,16H,6,8,12,14H2,1-3H3/t16-/m0/s1. The zero-order valence-corrected chi connectivity index (χ0v) is 16.2. The first-order chi connectivity index (χ1) is 12.4. The predicted molar refractivity (Wildman–Crippen MR) is 102 cm³/mol. The van der Waals surface area contributed by atoms with E-state index in [2.05, 4.69) is 0 Å². The highest BCUT2D eigenvalue weighted by Crippen LogP contribution is 2.30. The first-order valence-electron chi connectivity index (χ1n) is 8.71. The Balaban J connectivity index is 1.86. The minimum atomic E-state index is -3.39. The van der Waals surface area contributed by atoms with Crippen molar-refractivity contribution in [1.29, 1.82) is 0 Å². The van der Waals surface area contributed by atoms with Crippen molar-refractivity contribution in [3.8, 4) is 17.0 Å². The van der Waals surface area contributed by atoms with E-state index in [-0.39, 0.29) is 5.92 Å². The molecular formula is C19H25N3O3S. The average Bonchev–Trinajstić information content (AvgIpc) is 2.68. The van der Waals surface area contributed by atoms with Crippen molar-refractivity contribution < 1.29 is 13.2 Å². The topological polar surface area (TPSA) is 62.7 Å². The number of hydrogen-bond donors (Lipinski definition) is 0. The van der Waals surface area contributed by atoms with Gasteiger partial charge in [-0.25, -0.2) is 0 Å². The molecule has 0 spiro atoms. The van der Waals surface area contributed by atoms with Crippen LogP contribution in [0.25, 0.3) is 11.3 Å². The second kappa shape index (κ2) is 7.73. The molecule has 1 saturated heterocycles. The first-order valence-corrected chi connectivity index (χ1v) is 10.1. The van der Waals surface area contributed by atoms with Gasteiger partial charge in [0.2, 0.25) is 0 Å². The lowest BCUT2D eigenvalue weighted by Gasteiger charge is -2.33. The highest BCUT2D eigenvalue weighted by Gasteiger charge is 2.31. The zero-order valence-electron chi connectivity index (χ0n) is 15.4. The number of nitrogens with zero attached hydrogens (tertiary/aromatic N) is 3. The van der Waals surface area contributed by atoms with Crippen molar-refractivity contribution in [2.24, 2.45) is 0 Å². The summed E-state index contributed by atoms with van der Waals surface area (Å²) in [5, 5.41) is 0. The van der Waals surface area contributed by atoms with Crippen LogP contribution >= 0.6 is 0 Å². The summed E-state index contributed by atoms with van der Waals surface area (Å²) in [7, 11) is 1.39. The van der Waals surface area contributed by atoms with Gasteiger partial charge in [-0.2, -0.15) is 17.0 Å². The number of hydrogen-bond acceptors (Lipinski definition) is 4. The van der Waals surface area contributed by atoms with Crippen molar-refractivity contribution in [2.75, 3.05) is 34.3 Å². The number of aromatic nitrogens is 1. The van der Waals surface area contributed by atoms with E-state index in [1.54, 1.807) is 25.5 Å². The molecule has 0 aliphatic carbocycles. The van der Waals surface area contributed by atoms with Gasteiger partial charge in [0.1, 0.15) is 5.75 Å². The molecular weight excluding hydrogens is 350 g/mol. The van der Waals surface area contributed by atoms with E-state index in [1.165, 1.54) is 4.31 Å². The zero-order chi connectivity index (χ0) is 18.7. The lowest BCUT2D eigenvalue weighted by atomic mass is 9.95. The number of methoxy groups -OCH3 is 1. The summed E-state index contributed by atoms with van der Waals surface area (Å²) in [5.41, 5.74) is 2.79.